The van der Waals surface area contributed by atoms with Crippen molar-refractivity contribution in [3.05, 3.63) is 63.7 Å². The second kappa shape index (κ2) is 6.08. The quantitative estimate of drug-likeness (QED) is 0.928. The zero-order valence-corrected chi connectivity index (χ0v) is 12.9. The molecule has 0 aliphatic carbocycles. The van der Waals surface area contributed by atoms with E-state index >= 15 is 0 Å². The molecule has 0 radical (unpaired) electrons. The summed E-state index contributed by atoms with van der Waals surface area (Å²) in [5, 5.41) is 10.5. The van der Waals surface area contributed by atoms with Crippen molar-refractivity contribution in [3.8, 4) is 5.75 Å². The summed E-state index contributed by atoms with van der Waals surface area (Å²) >= 11 is 6.20. The lowest BCUT2D eigenvalue weighted by Gasteiger charge is -2.17. The Balaban J connectivity index is 1.89. The molecule has 0 saturated heterocycles. The van der Waals surface area contributed by atoms with Crippen LogP contribution >= 0.6 is 11.6 Å². The van der Waals surface area contributed by atoms with E-state index in [1.807, 2.05) is 12.1 Å². The van der Waals surface area contributed by atoms with Gasteiger partial charge in [-0.15, -0.1) is 0 Å². The van der Waals surface area contributed by atoms with Gasteiger partial charge in [-0.05, 0) is 42.2 Å². The summed E-state index contributed by atoms with van der Waals surface area (Å²) < 4.78 is 5.74. The molecule has 1 atom stereocenters. The summed E-state index contributed by atoms with van der Waals surface area (Å²) in [6.45, 7) is 2.90. The zero-order valence-electron chi connectivity index (χ0n) is 12.1. The maximum atomic E-state index is 9.75. The van der Waals surface area contributed by atoms with Gasteiger partial charge < -0.3 is 9.84 Å². The fraction of sp³-hybridized carbons (Fsp3) is 0.333. The second-order valence-electron chi connectivity index (χ2n) is 5.65. The molecule has 1 N–H and O–H groups in total. The minimum Gasteiger partial charge on any atom is -0.493 e. The summed E-state index contributed by atoms with van der Waals surface area (Å²) in [5.41, 5.74) is 4.64. The first kappa shape index (κ1) is 14.4. The van der Waals surface area contributed by atoms with Crippen molar-refractivity contribution in [1.29, 1.82) is 0 Å². The van der Waals surface area contributed by atoms with Crippen LogP contribution in [0.4, 0.5) is 0 Å². The minimum atomic E-state index is 0.0670. The molecule has 0 amide bonds. The van der Waals surface area contributed by atoms with E-state index < -0.39 is 0 Å². The van der Waals surface area contributed by atoms with Crippen LogP contribution < -0.4 is 4.74 Å². The van der Waals surface area contributed by atoms with Gasteiger partial charge in [-0.2, -0.15) is 0 Å². The van der Waals surface area contributed by atoms with Crippen LogP contribution in [0.1, 0.15) is 28.2 Å². The van der Waals surface area contributed by atoms with Crippen LogP contribution in [0.5, 0.6) is 5.75 Å². The van der Waals surface area contributed by atoms with E-state index in [1.54, 1.807) is 0 Å². The summed E-state index contributed by atoms with van der Waals surface area (Å²) in [6, 6.07) is 12.3. The molecule has 1 aliphatic heterocycles. The number of fused-ring (bicyclic) bond motifs is 1. The lowest BCUT2D eigenvalue weighted by atomic mass is 9.91. The number of ether oxygens (including phenoxy) is 1. The molecule has 2 aromatic rings. The van der Waals surface area contributed by atoms with E-state index in [2.05, 4.69) is 31.2 Å². The van der Waals surface area contributed by atoms with Crippen LogP contribution in [0.15, 0.2) is 36.4 Å². The van der Waals surface area contributed by atoms with Crippen LogP contribution in [-0.4, -0.2) is 18.3 Å². The average molecular weight is 303 g/mol. The van der Waals surface area contributed by atoms with Gasteiger partial charge in [-0.3, -0.25) is 0 Å². The molecule has 0 bridgehead atoms. The Labute approximate surface area is 130 Å². The maximum Gasteiger partial charge on any atom is 0.125 e. The number of aryl methyl sites for hydroxylation is 1. The predicted octanol–water partition coefficient (Wildman–Crippen LogP) is 3.90. The number of benzene rings is 2. The highest BCUT2D eigenvalue weighted by Gasteiger charge is 2.20. The number of aliphatic hydroxyl groups excluding tert-OH is 1. The molecule has 1 aliphatic rings. The Morgan fingerprint density at radius 3 is 2.71 bits per heavy atom. The molecule has 1 unspecified atom stereocenters. The van der Waals surface area contributed by atoms with Gasteiger partial charge in [-0.25, -0.2) is 0 Å². The molecule has 110 valence electrons. The molecule has 21 heavy (non-hydrogen) atoms. The second-order valence-corrected chi connectivity index (χ2v) is 6.08. The highest BCUT2D eigenvalue weighted by Crippen LogP contribution is 2.35. The Bertz CT molecular complexity index is 634. The molecule has 0 aromatic heterocycles. The Morgan fingerprint density at radius 2 is 2.00 bits per heavy atom. The van der Waals surface area contributed by atoms with E-state index in [-0.39, 0.29) is 12.5 Å². The van der Waals surface area contributed by atoms with E-state index in [1.165, 1.54) is 11.1 Å². The van der Waals surface area contributed by atoms with Gasteiger partial charge in [0, 0.05) is 17.4 Å². The molecule has 2 aromatic carbocycles. The highest BCUT2D eigenvalue weighted by molar-refractivity contribution is 6.30. The van der Waals surface area contributed by atoms with Gasteiger partial charge in [0.25, 0.3) is 0 Å². The topological polar surface area (TPSA) is 29.5 Å². The van der Waals surface area contributed by atoms with Gasteiger partial charge in [0.05, 0.1) is 13.2 Å². The van der Waals surface area contributed by atoms with Crippen molar-refractivity contribution >= 4 is 11.6 Å². The lowest BCUT2D eigenvalue weighted by molar-refractivity contribution is 0.263. The minimum absolute atomic E-state index is 0.0670. The van der Waals surface area contributed by atoms with Crippen molar-refractivity contribution in [2.75, 3.05) is 13.2 Å². The molecule has 0 spiro atoms. The van der Waals surface area contributed by atoms with Crippen molar-refractivity contribution in [2.45, 2.75) is 25.7 Å². The monoisotopic (exact) mass is 302 g/mol. The molecule has 3 heteroatoms. The molecule has 3 rings (SSSR count). The Kier molecular flexibility index (Phi) is 4.18. The normalized spacial score (nSPS) is 14.6. The molecule has 0 fully saturated rings. The predicted molar refractivity (Wildman–Crippen MR) is 85.4 cm³/mol. The number of halogens is 1. The SMILES string of the molecule is Cc1ccc(C(CO)Cc2cc(Cl)cc3c2OCC3)cc1. The van der Waals surface area contributed by atoms with Gasteiger partial charge in [0.15, 0.2) is 0 Å². The van der Waals surface area contributed by atoms with E-state index in [0.29, 0.717) is 0 Å². The maximum absolute atomic E-state index is 9.75. The molecule has 0 saturated carbocycles. The highest BCUT2D eigenvalue weighted by atomic mass is 35.5. The van der Waals surface area contributed by atoms with Gasteiger partial charge in [-0.1, -0.05) is 41.4 Å². The van der Waals surface area contributed by atoms with E-state index in [0.717, 1.165) is 41.3 Å². The molecule has 1 heterocycles. The molecular formula is C18H19ClO2. The van der Waals surface area contributed by atoms with Crippen molar-refractivity contribution in [2.24, 2.45) is 0 Å². The number of hydrogen-bond donors (Lipinski definition) is 1. The largest absolute Gasteiger partial charge is 0.493 e. The summed E-state index contributed by atoms with van der Waals surface area (Å²) in [6.07, 6.45) is 1.65. The Morgan fingerprint density at radius 1 is 1.24 bits per heavy atom. The third kappa shape index (κ3) is 3.07. The first-order chi connectivity index (χ1) is 10.2. The van der Waals surface area contributed by atoms with Crippen molar-refractivity contribution < 1.29 is 9.84 Å². The fourth-order valence-corrected chi connectivity index (χ4v) is 3.15. The number of hydrogen-bond acceptors (Lipinski definition) is 2. The third-order valence-corrected chi connectivity index (χ3v) is 4.28. The summed E-state index contributed by atoms with van der Waals surface area (Å²) in [7, 11) is 0. The average Bonchev–Trinajstić information content (AvgIpc) is 2.94. The first-order valence-corrected chi connectivity index (χ1v) is 7.66. The number of aliphatic hydroxyl groups is 1. The van der Waals surface area contributed by atoms with Crippen LogP contribution in [0.25, 0.3) is 0 Å². The van der Waals surface area contributed by atoms with Gasteiger partial charge in [0.2, 0.25) is 0 Å². The number of rotatable bonds is 4. The van der Waals surface area contributed by atoms with Crippen molar-refractivity contribution in [1.82, 2.24) is 0 Å². The van der Waals surface area contributed by atoms with Gasteiger partial charge >= 0.3 is 0 Å². The lowest BCUT2D eigenvalue weighted by Crippen LogP contribution is -2.08. The Hall–Kier alpha value is -1.51. The van der Waals surface area contributed by atoms with E-state index in [4.69, 9.17) is 16.3 Å². The van der Waals surface area contributed by atoms with Crippen LogP contribution in [0.3, 0.4) is 0 Å². The van der Waals surface area contributed by atoms with Crippen LogP contribution in [0.2, 0.25) is 5.02 Å². The summed E-state index contributed by atoms with van der Waals surface area (Å²) in [5.74, 6) is 1.03. The van der Waals surface area contributed by atoms with Gasteiger partial charge in [0.1, 0.15) is 5.75 Å². The summed E-state index contributed by atoms with van der Waals surface area (Å²) in [4.78, 5) is 0. The van der Waals surface area contributed by atoms with Crippen LogP contribution in [0, 0.1) is 6.92 Å². The zero-order chi connectivity index (χ0) is 14.8. The van der Waals surface area contributed by atoms with Crippen molar-refractivity contribution in [3.63, 3.8) is 0 Å². The first-order valence-electron chi connectivity index (χ1n) is 7.29. The van der Waals surface area contributed by atoms with Crippen LogP contribution in [-0.2, 0) is 12.8 Å². The fourth-order valence-electron chi connectivity index (χ4n) is 2.89. The smallest absolute Gasteiger partial charge is 0.125 e. The standard InChI is InChI=1S/C18H19ClO2/c1-12-2-4-13(5-3-12)16(11-20)8-15-10-17(19)9-14-6-7-21-18(14)15/h2-5,9-10,16,20H,6-8,11H2,1H3. The van der Waals surface area contributed by atoms with E-state index in [9.17, 15) is 5.11 Å². The third-order valence-electron chi connectivity index (χ3n) is 4.06. The molecule has 2 nitrogen and oxygen atoms in total. The molecular weight excluding hydrogens is 284 g/mol.